The molecule has 3 heterocycles. The summed E-state index contributed by atoms with van der Waals surface area (Å²) in [6.07, 6.45) is 9.90. The van der Waals surface area contributed by atoms with Crippen LogP contribution in [0.5, 0.6) is 11.5 Å². The Morgan fingerprint density at radius 3 is 2.60 bits per heavy atom. The largest absolute Gasteiger partial charge is 0.493 e. The van der Waals surface area contributed by atoms with Crippen molar-refractivity contribution in [2.24, 2.45) is 5.92 Å². The van der Waals surface area contributed by atoms with Crippen LogP contribution in [0.4, 0.5) is 0 Å². The summed E-state index contributed by atoms with van der Waals surface area (Å²) >= 11 is 0. The van der Waals surface area contributed by atoms with Crippen LogP contribution < -0.4 is 9.47 Å². The van der Waals surface area contributed by atoms with Crippen molar-refractivity contribution >= 4 is 17.9 Å². The zero-order chi connectivity index (χ0) is 24.8. The normalized spacial score (nSPS) is 22.3. The Balaban J connectivity index is 1.45. The summed E-state index contributed by atoms with van der Waals surface area (Å²) in [5, 5.41) is 0. The van der Waals surface area contributed by atoms with E-state index >= 15 is 0 Å². The van der Waals surface area contributed by atoms with Crippen LogP contribution in [-0.2, 0) is 20.7 Å². The molecular weight excluding hydrogens is 446 g/mol. The Morgan fingerprint density at radius 2 is 1.83 bits per heavy atom. The van der Waals surface area contributed by atoms with Gasteiger partial charge in [0.15, 0.2) is 11.5 Å². The van der Waals surface area contributed by atoms with E-state index in [0.29, 0.717) is 36.6 Å². The zero-order valence-corrected chi connectivity index (χ0v) is 21.3. The van der Waals surface area contributed by atoms with Gasteiger partial charge in [0.05, 0.1) is 27.2 Å². The molecule has 0 bridgehead atoms. The van der Waals surface area contributed by atoms with E-state index in [1.54, 1.807) is 27.5 Å². The molecule has 4 rings (SSSR count). The smallest absolute Gasteiger partial charge is 0.242 e. The maximum atomic E-state index is 13.5. The summed E-state index contributed by atoms with van der Waals surface area (Å²) in [6.45, 7) is 4.14. The molecule has 2 amide bonds. The fourth-order valence-corrected chi connectivity index (χ4v) is 5.74. The SMILES string of the molecule is COCCN(C[C@@H]1CCCN2CCCC[C@H]12)C(=O)CN1C=Cc2cc(OC)c(OC)cc2CC1=O. The Morgan fingerprint density at radius 1 is 1.06 bits per heavy atom. The Kier molecular flexibility index (Phi) is 8.68. The van der Waals surface area contributed by atoms with Gasteiger partial charge < -0.3 is 28.9 Å². The topological polar surface area (TPSA) is 71.6 Å². The van der Waals surface area contributed by atoms with E-state index < -0.39 is 0 Å². The van der Waals surface area contributed by atoms with Crippen molar-refractivity contribution in [3.8, 4) is 11.5 Å². The number of hydrogen-bond acceptors (Lipinski definition) is 6. The summed E-state index contributed by atoms with van der Waals surface area (Å²) in [7, 11) is 4.83. The fraction of sp³-hybridized carbons (Fsp3) is 0.630. The van der Waals surface area contributed by atoms with Gasteiger partial charge in [-0.15, -0.1) is 0 Å². The van der Waals surface area contributed by atoms with E-state index in [1.807, 2.05) is 23.1 Å². The third kappa shape index (κ3) is 5.98. The minimum absolute atomic E-state index is 0.0302. The molecule has 0 unspecified atom stereocenters. The number of amides is 2. The lowest BCUT2D eigenvalue weighted by Crippen LogP contribution is -2.53. The average molecular weight is 486 g/mol. The number of benzene rings is 1. The van der Waals surface area contributed by atoms with Crippen LogP contribution in [0, 0.1) is 5.92 Å². The maximum absolute atomic E-state index is 13.5. The third-order valence-electron chi connectivity index (χ3n) is 7.65. The first-order chi connectivity index (χ1) is 17.0. The van der Waals surface area contributed by atoms with E-state index in [9.17, 15) is 9.59 Å². The predicted octanol–water partition coefficient (Wildman–Crippen LogP) is 2.80. The van der Waals surface area contributed by atoms with Crippen LogP contribution in [0.2, 0.25) is 0 Å². The van der Waals surface area contributed by atoms with E-state index in [2.05, 4.69) is 4.90 Å². The average Bonchev–Trinajstić information content (AvgIpc) is 3.03. The van der Waals surface area contributed by atoms with Gasteiger partial charge in [0.25, 0.3) is 0 Å². The molecule has 0 aromatic heterocycles. The molecule has 2 fully saturated rings. The minimum Gasteiger partial charge on any atom is -0.493 e. The summed E-state index contributed by atoms with van der Waals surface area (Å²) in [4.78, 5) is 32.6. The number of carbonyl (C=O) groups excluding carboxylic acids is 2. The van der Waals surface area contributed by atoms with Crippen molar-refractivity contribution in [1.82, 2.24) is 14.7 Å². The standard InChI is InChI=1S/C27H39N3O5/c1-33-14-13-30(18-21-7-6-11-28-10-5-4-8-23(21)28)27(32)19-29-12-9-20-15-24(34-2)25(35-3)16-22(20)17-26(29)31/h9,12,15-16,21,23H,4-8,10-11,13-14,17-19H2,1-3H3/t21-,23+/m0/s1. The molecule has 0 saturated carbocycles. The van der Waals surface area contributed by atoms with Crippen molar-refractivity contribution < 1.29 is 23.8 Å². The first-order valence-corrected chi connectivity index (χ1v) is 12.8. The lowest BCUT2D eigenvalue weighted by Gasteiger charge is -2.45. The highest BCUT2D eigenvalue weighted by Crippen LogP contribution is 2.33. The molecule has 35 heavy (non-hydrogen) atoms. The van der Waals surface area contributed by atoms with Gasteiger partial charge in [0.2, 0.25) is 11.8 Å². The highest BCUT2D eigenvalue weighted by atomic mass is 16.5. The number of piperidine rings is 2. The fourth-order valence-electron chi connectivity index (χ4n) is 5.74. The van der Waals surface area contributed by atoms with E-state index in [4.69, 9.17) is 14.2 Å². The van der Waals surface area contributed by atoms with Crippen molar-refractivity contribution in [3.05, 3.63) is 29.5 Å². The van der Waals surface area contributed by atoms with Crippen molar-refractivity contribution in [2.45, 2.75) is 44.6 Å². The van der Waals surface area contributed by atoms with Gasteiger partial charge in [-0.1, -0.05) is 6.42 Å². The Hall–Kier alpha value is -2.58. The molecule has 3 aliphatic heterocycles. The molecule has 0 spiro atoms. The van der Waals surface area contributed by atoms with Gasteiger partial charge in [-0.3, -0.25) is 9.59 Å². The van der Waals surface area contributed by atoms with Gasteiger partial charge in [0, 0.05) is 32.4 Å². The molecule has 3 aliphatic rings. The summed E-state index contributed by atoms with van der Waals surface area (Å²) in [6, 6.07) is 4.27. The zero-order valence-electron chi connectivity index (χ0n) is 21.3. The van der Waals surface area contributed by atoms with Gasteiger partial charge in [0.1, 0.15) is 6.54 Å². The molecule has 8 heteroatoms. The van der Waals surface area contributed by atoms with Gasteiger partial charge >= 0.3 is 0 Å². The van der Waals surface area contributed by atoms with Crippen LogP contribution >= 0.6 is 0 Å². The minimum atomic E-state index is -0.108. The summed E-state index contributed by atoms with van der Waals surface area (Å²) in [5.41, 5.74) is 1.75. The first-order valence-electron chi connectivity index (χ1n) is 12.8. The highest BCUT2D eigenvalue weighted by molar-refractivity contribution is 5.89. The van der Waals surface area contributed by atoms with Crippen LogP contribution in [0.1, 0.15) is 43.2 Å². The molecule has 8 nitrogen and oxygen atoms in total. The van der Waals surface area contributed by atoms with Crippen molar-refractivity contribution in [2.75, 3.05) is 60.7 Å². The van der Waals surface area contributed by atoms with E-state index in [1.165, 1.54) is 43.7 Å². The molecule has 0 radical (unpaired) electrons. The molecular formula is C27H39N3O5. The number of hydrogen-bond donors (Lipinski definition) is 0. The molecule has 0 aliphatic carbocycles. The maximum Gasteiger partial charge on any atom is 0.242 e. The molecule has 192 valence electrons. The number of methoxy groups -OCH3 is 3. The third-order valence-corrected chi connectivity index (χ3v) is 7.65. The molecule has 0 N–H and O–H groups in total. The van der Waals surface area contributed by atoms with Crippen molar-refractivity contribution in [3.63, 3.8) is 0 Å². The van der Waals surface area contributed by atoms with Gasteiger partial charge in [-0.2, -0.15) is 0 Å². The Bertz CT molecular complexity index is 932. The summed E-state index contributed by atoms with van der Waals surface area (Å²) in [5.74, 6) is 1.54. The number of rotatable bonds is 9. The predicted molar refractivity (Wildman–Crippen MR) is 134 cm³/mol. The van der Waals surface area contributed by atoms with Crippen LogP contribution in [0.25, 0.3) is 6.08 Å². The second-order valence-corrected chi connectivity index (χ2v) is 9.75. The lowest BCUT2D eigenvalue weighted by molar-refractivity contribution is -0.139. The van der Waals surface area contributed by atoms with E-state index in [-0.39, 0.29) is 24.8 Å². The number of fused-ring (bicyclic) bond motifs is 2. The number of nitrogens with zero attached hydrogens (tertiary/aromatic N) is 3. The van der Waals surface area contributed by atoms with Gasteiger partial charge in [-0.25, -0.2) is 0 Å². The van der Waals surface area contributed by atoms with Crippen LogP contribution in [0.15, 0.2) is 18.3 Å². The monoisotopic (exact) mass is 485 g/mol. The van der Waals surface area contributed by atoms with E-state index in [0.717, 1.165) is 24.1 Å². The number of carbonyl (C=O) groups is 2. The van der Waals surface area contributed by atoms with Crippen molar-refractivity contribution in [1.29, 1.82) is 0 Å². The van der Waals surface area contributed by atoms with Crippen LogP contribution in [-0.4, -0.2) is 93.2 Å². The Labute approximate surface area is 208 Å². The quantitative estimate of drug-likeness (QED) is 0.536. The molecule has 1 aromatic carbocycles. The van der Waals surface area contributed by atoms with Gasteiger partial charge in [-0.05, 0) is 74.0 Å². The second-order valence-electron chi connectivity index (χ2n) is 9.75. The lowest BCUT2D eigenvalue weighted by atomic mass is 9.83. The molecule has 1 aromatic rings. The van der Waals surface area contributed by atoms with Crippen LogP contribution in [0.3, 0.4) is 0 Å². The summed E-state index contributed by atoms with van der Waals surface area (Å²) < 4.78 is 16.1. The molecule has 2 atom stereocenters. The highest BCUT2D eigenvalue weighted by Gasteiger charge is 2.35. The molecule has 2 saturated heterocycles. The number of ether oxygens (including phenoxy) is 3. The second kappa shape index (κ2) is 11.9. The first kappa shape index (κ1) is 25.5.